The van der Waals surface area contributed by atoms with Gasteiger partial charge in [-0.1, -0.05) is 18.9 Å². The van der Waals surface area contributed by atoms with Gasteiger partial charge in [-0.25, -0.2) is 9.78 Å². The number of aromatic nitrogens is 4. The Kier molecular flexibility index (Phi) is 8.36. The lowest BCUT2D eigenvalue weighted by atomic mass is 9.97. The van der Waals surface area contributed by atoms with Crippen LogP contribution in [0.25, 0.3) is 27.9 Å². The summed E-state index contributed by atoms with van der Waals surface area (Å²) in [5, 5.41) is 7.35. The summed E-state index contributed by atoms with van der Waals surface area (Å²) in [7, 11) is 0. The Bertz CT molecular complexity index is 1230. The van der Waals surface area contributed by atoms with Gasteiger partial charge < -0.3 is 14.8 Å². The van der Waals surface area contributed by atoms with E-state index in [1.807, 2.05) is 44.0 Å². The fourth-order valence-electron chi connectivity index (χ4n) is 4.29. The second-order valence-corrected chi connectivity index (χ2v) is 10.3. The molecule has 3 aromatic rings. The fraction of sp³-hybridized carbons (Fsp3) is 0.500. The molecular formula is C28H37N5O3. The average Bonchev–Trinajstić information content (AvgIpc) is 3.31. The third kappa shape index (κ3) is 7.13. The van der Waals surface area contributed by atoms with E-state index in [1.54, 1.807) is 0 Å². The number of nitrogens with zero attached hydrogens (tertiary/aromatic N) is 4. The monoisotopic (exact) mass is 491 g/mol. The number of nitrogens with one attached hydrogen (secondary N) is 1. The van der Waals surface area contributed by atoms with E-state index >= 15 is 0 Å². The zero-order chi connectivity index (χ0) is 25.5. The molecule has 8 heteroatoms. The first kappa shape index (κ1) is 25.8. The van der Waals surface area contributed by atoms with E-state index in [4.69, 9.17) is 19.4 Å². The largest absolute Gasteiger partial charge is 0.444 e. The van der Waals surface area contributed by atoms with Gasteiger partial charge in [0.15, 0.2) is 0 Å². The molecule has 1 aromatic carbocycles. The van der Waals surface area contributed by atoms with Crippen LogP contribution in [0.15, 0.2) is 36.8 Å². The number of fused-ring (bicyclic) bond motifs is 1. The van der Waals surface area contributed by atoms with Gasteiger partial charge >= 0.3 is 6.09 Å². The first-order chi connectivity index (χ1) is 17.3. The molecule has 0 unspecified atom stereocenters. The zero-order valence-corrected chi connectivity index (χ0v) is 21.8. The summed E-state index contributed by atoms with van der Waals surface area (Å²) >= 11 is 0. The topological polar surface area (TPSA) is 91.2 Å². The van der Waals surface area contributed by atoms with Crippen molar-refractivity contribution in [2.45, 2.75) is 71.9 Å². The van der Waals surface area contributed by atoms with E-state index in [1.165, 1.54) is 11.1 Å². The van der Waals surface area contributed by atoms with Gasteiger partial charge in [0.2, 0.25) is 0 Å². The second kappa shape index (κ2) is 11.6. The van der Waals surface area contributed by atoms with Crippen molar-refractivity contribution in [1.82, 2.24) is 25.1 Å². The minimum Gasteiger partial charge on any atom is -0.444 e. The van der Waals surface area contributed by atoms with Crippen molar-refractivity contribution in [1.29, 1.82) is 0 Å². The molecule has 1 aliphatic heterocycles. The molecule has 192 valence electrons. The molecule has 0 bridgehead atoms. The quantitative estimate of drug-likeness (QED) is 0.387. The van der Waals surface area contributed by atoms with Gasteiger partial charge in [-0.3, -0.25) is 9.67 Å². The van der Waals surface area contributed by atoms with Crippen LogP contribution in [0.3, 0.4) is 0 Å². The van der Waals surface area contributed by atoms with E-state index in [-0.39, 0.29) is 6.09 Å². The molecule has 0 fully saturated rings. The van der Waals surface area contributed by atoms with E-state index < -0.39 is 5.60 Å². The highest BCUT2D eigenvalue weighted by molar-refractivity contribution is 5.90. The fourth-order valence-corrected chi connectivity index (χ4v) is 4.29. The summed E-state index contributed by atoms with van der Waals surface area (Å²) in [5.41, 5.74) is 6.79. The predicted molar refractivity (Wildman–Crippen MR) is 142 cm³/mol. The van der Waals surface area contributed by atoms with Crippen molar-refractivity contribution in [3.8, 4) is 11.3 Å². The van der Waals surface area contributed by atoms with Gasteiger partial charge in [-0.15, -0.1) is 0 Å². The maximum Gasteiger partial charge on any atom is 0.407 e. The van der Waals surface area contributed by atoms with Crippen LogP contribution >= 0.6 is 0 Å². The predicted octanol–water partition coefficient (Wildman–Crippen LogP) is 5.69. The van der Waals surface area contributed by atoms with Crippen molar-refractivity contribution in [3.05, 3.63) is 47.9 Å². The first-order valence-electron chi connectivity index (χ1n) is 12.8. The third-order valence-electron chi connectivity index (χ3n) is 6.01. The lowest BCUT2D eigenvalue weighted by Crippen LogP contribution is -2.32. The number of carbonyl (C=O) groups excluding carboxylic acids is 1. The van der Waals surface area contributed by atoms with Crippen molar-refractivity contribution in [2.24, 2.45) is 0 Å². The number of amides is 1. The summed E-state index contributed by atoms with van der Waals surface area (Å²) < 4.78 is 12.7. The number of alkyl carbamates (subject to hydrolysis) is 1. The first-order valence-corrected chi connectivity index (χ1v) is 12.8. The van der Waals surface area contributed by atoms with E-state index in [9.17, 15) is 4.79 Å². The van der Waals surface area contributed by atoms with Crippen LogP contribution < -0.4 is 5.32 Å². The van der Waals surface area contributed by atoms with Crippen LogP contribution in [-0.2, 0) is 16.0 Å². The molecule has 3 heterocycles. The molecule has 1 N–H and O–H groups in total. The summed E-state index contributed by atoms with van der Waals surface area (Å²) in [5.74, 6) is 0. The summed E-state index contributed by atoms with van der Waals surface area (Å²) in [6, 6.07) is 4.28. The van der Waals surface area contributed by atoms with Crippen LogP contribution in [-0.4, -0.2) is 51.2 Å². The summed E-state index contributed by atoms with van der Waals surface area (Å²) in [4.78, 5) is 21.4. The molecular weight excluding hydrogens is 454 g/mol. The van der Waals surface area contributed by atoms with Crippen LogP contribution in [0.4, 0.5) is 4.79 Å². The Morgan fingerprint density at radius 2 is 2.00 bits per heavy atom. The van der Waals surface area contributed by atoms with Crippen molar-refractivity contribution < 1.29 is 14.3 Å². The molecule has 1 aliphatic rings. The molecule has 0 spiro atoms. The number of ether oxygens (including phenoxy) is 2. The van der Waals surface area contributed by atoms with Gasteiger partial charge in [0.05, 0.1) is 42.3 Å². The van der Waals surface area contributed by atoms with E-state index in [0.29, 0.717) is 13.2 Å². The molecule has 0 saturated carbocycles. The highest BCUT2D eigenvalue weighted by Gasteiger charge is 2.16. The lowest BCUT2D eigenvalue weighted by molar-refractivity contribution is 0.0527. The van der Waals surface area contributed by atoms with Gasteiger partial charge in [0, 0.05) is 30.4 Å². The number of carbonyl (C=O) groups is 1. The third-order valence-corrected chi connectivity index (χ3v) is 6.01. The standard InChI is InChI=1S/C28H37N5O3/c1-20-15-23(21-9-13-35-14-10-21)26-24(16-20)30-18-25(32-26)22-17-31-33(19-22)12-8-6-5-7-11-29-27(34)36-28(2,3)4/h9,15-19H,5-8,10-14H2,1-4H3,(H,29,34). The molecule has 2 aromatic heterocycles. The molecule has 36 heavy (non-hydrogen) atoms. The smallest absolute Gasteiger partial charge is 0.407 e. The molecule has 1 amide bonds. The van der Waals surface area contributed by atoms with Crippen LogP contribution in [0, 0.1) is 6.92 Å². The number of hydrogen-bond acceptors (Lipinski definition) is 6. The second-order valence-electron chi connectivity index (χ2n) is 10.3. The molecule has 0 saturated heterocycles. The van der Waals surface area contributed by atoms with Crippen molar-refractivity contribution in [2.75, 3.05) is 19.8 Å². The summed E-state index contributed by atoms with van der Waals surface area (Å²) in [6.45, 7) is 10.5. The highest BCUT2D eigenvalue weighted by Crippen LogP contribution is 2.30. The van der Waals surface area contributed by atoms with Crippen LogP contribution in [0.1, 0.15) is 64.0 Å². The Balaban J connectivity index is 1.31. The molecule has 0 radical (unpaired) electrons. The molecule has 0 aliphatic carbocycles. The van der Waals surface area contributed by atoms with Gasteiger partial charge in [-0.05, 0) is 70.2 Å². The highest BCUT2D eigenvalue weighted by atomic mass is 16.6. The van der Waals surface area contributed by atoms with Crippen molar-refractivity contribution in [3.63, 3.8) is 0 Å². The Hall–Kier alpha value is -3.26. The number of benzene rings is 1. The van der Waals surface area contributed by atoms with Gasteiger partial charge in [0.25, 0.3) is 0 Å². The Morgan fingerprint density at radius 1 is 1.17 bits per heavy atom. The minimum atomic E-state index is -0.463. The number of unbranched alkanes of at least 4 members (excludes halogenated alkanes) is 3. The van der Waals surface area contributed by atoms with Gasteiger partial charge in [0.1, 0.15) is 5.60 Å². The molecule has 0 atom stereocenters. The van der Waals surface area contributed by atoms with Crippen LogP contribution in [0.2, 0.25) is 0 Å². The zero-order valence-electron chi connectivity index (χ0n) is 21.8. The maximum absolute atomic E-state index is 11.7. The van der Waals surface area contributed by atoms with Crippen molar-refractivity contribution >= 4 is 22.7 Å². The number of aryl methyl sites for hydroxylation is 2. The van der Waals surface area contributed by atoms with E-state index in [0.717, 1.165) is 73.1 Å². The summed E-state index contributed by atoms with van der Waals surface area (Å²) in [6.07, 6.45) is 12.5. The lowest BCUT2D eigenvalue weighted by Gasteiger charge is -2.19. The average molecular weight is 492 g/mol. The maximum atomic E-state index is 11.7. The van der Waals surface area contributed by atoms with E-state index in [2.05, 4.69) is 35.5 Å². The Morgan fingerprint density at radius 3 is 2.78 bits per heavy atom. The number of hydrogen-bond donors (Lipinski definition) is 1. The SMILES string of the molecule is Cc1cc(C2=CCOCC2)c2nc(-c3cnn(CCCCCCNC(=O)OC(C)(C)C)c3)cnc2c1. The van der Waals surface area contributed by atoms with Gasteiger partial charge in [-0.2, -0.15) is 5.10 Å². The minimum absolute atomic E-state index is 0.352. The molecule has 4 rings (SSSR count). The Labute approximate surface area is 213 Å². The normalized spacial score (nSPS) is 14.1. The van der Waals surface area contributed by atoms with Crippen LogP contribution in [0.5, 0.6) is 0 Å². The number of rotatable bonds is 9. The molecule has 8 nitrogen and oxygen atoms in total.